The van der Waals surface area contributed by atoms with Crippen molar-refractivity contribution < 1.29 is 4.74 Å². The van der Waals surface area contributed by atoms with Crippen molar-refractivity contribution >= 4 is 45.2 Å². The van der Waals surface area contributed by atoms with Crippen molar-refractivity contribution in [3.63, 3.8) is 0 Å². The van der Waals surface area contributed by atoms with E-state index in [0.29, 0.717) is 10.9 Å². The molecule has 0 aromatic heterocycles. The molecule has 0 spiro atoms. The number of terminal acetylenes is 1. The van der Waals surface area contributed by atoms with Crippen LogP contribution in [-0.2, 0) is 0 Å². The third kappa shape index (κ3) is 5.74. The van der Waals surface area contributed by atoms with Gasteiger partial charge in [0.25, 0.3) is 0 Å². The number of halogens is 1. The number of anilines is 1. The summed E-state index contributed by atoms with van der Waals surface area (Å²) in [5.74, 6) is 3.09. The molecule has 23 heavy (non-hydrogen) atoms. The molecule has 2 rings (SSSR count). The Morgan fingerprint density at radius 2 is 2.09 bits per heavy atom. The van der Waals surface area contributed by atoms with E-state index in [2.05, 4.69) is 37.7 Å². The predicted molar refractivity (Wildman–Crippen MR) is 102 cm³/mol. The highest BCUT2D eigenvalue weighted by atomic mass is 79.9. The van der Waals surface area contributed by atoms with Gasteiger partial charge in [0, 0.05) is 15.7 Å². The first-order valence-electron chi connectivity index (χ1n) is 6.70. The van der Waals surface area contributed by atoms with Crippen molar-refractivity contribution in [2.75, 3.05) is 11.9 Å². The first kappa shape index (κ1) is 17.0. The van der Waals surface area contributed by atoms with Crippen LogP contribution < -0.4 is 15.5 Å². The molecule has 0 saturated heterocycles. The monoisotopic (exact) mass is 387 g/mol. The average molecular weight is 388 g/mol. The van der Waals surface area contributed by atoms with E-state index in [0.717, 1.165) is 15.7 Å². The topological polar surface area (TPSA) is 45.6 Å². The summed E-state index contributed by atoms with van der Waals surface area (Å²) >= 11 is 8.59. The lowest BCUT2D eigenvalue weighted by Crippen LogP contribution is -2.23. The summed E-state index contributed by atoms with van der Waals surface area (Å²) < 4.78 is 6.38. The molecule has 0 aliphatic carbocycles. The highest BCUT2D eigenvalue weighted by Crippen LogP contribution is 2.21. The maximum Gasteiger partial charge on any atom is 0.191 e. The van der Waals surface area contributed by atoms with Gasteiger partial charge in [-0.25, -0.2) is 0 Å². The molecule has 4 nitrogen and oxygen atoms in total. The quantitative estimate of drug-likeness (QED) is 0.354. The van der Waals surface area contributed by atoms with Crippen LogP contribution in [0.1, 0.15) is 5.56 Å². The molecule has 0 unspecified atom stereocenters. The average Bonchev–Trinajstić information content (AvgIpc) is 2.55. The van der Waals surface area contributed by atoms with Crippen LogP contribution in [0.15, 0.2) is 58.1 Å². The molecule has 0 fully saturated rings. The number of hydrogen-bond donors (Lipinski definition) is 2. The summed E-state index contributed by atoms with van der Waals surface area (Å²) in [7, 11) is 0. The minimum atomic E-state index is 0.198. The molecule has 116 valence electrons. The van der Waals surface area contributed by atoms with Crippen LogP contribution in [0.2, 0.25) is 0 Å². The zero-order chi connectivity index (χ0) is 16.5. The molecule has 0 heterocycles. The van der Waals surface area contributed by atoms with Crippen LogP contribution in [0.5, 0.6) is 5.75 Å². The molecule has 2 aromatic rings. The van der Waals surface area contributed by atoms with Gasteiger partial charge in [-0.15, -0.1) is 6.42 Å². The number of nitrogens with one attached hydrogen (secondary N) is 2. The van der Waals surface area contributed by atoms with Crippen molar-refractivity contribution in [2.45, 2.75) is 0 Å². The summed E-state index contributed by atoms with van der Waals surface area (Å²) in [4.78, 5) is 0. The van der Waals surface area contributed by atoms with Gasteiger partial charge in [0.15, 0.2) is 5.11 Å². The number of hydrogen-bond acceptors (Lipinski definition) is 3. The van der Waals surface area contributed by atoms with Gasteiger partial charge in [-0.3, -0.25) is 5.43 Å². The molecule has 2 N–H and O–H groups in total. The maximum absolute atomic E-state index is 5.47. The molecular weight excluding hydrogens is 374 g/mol. The molecule has 0 radical (unpaired) electrons. The summed E-state index contributed by atoms with van der Waals surface area (Å²) in [6.07, 6.45) is 6.83. The van der Waals surface area contributed by atoms with Gasteiger partial charge < -0.3 is 10.1 Å². The molecule has 0 amide bonds. The minimum Gasteiger partial charge on any atom is -0.480 e. The Bertz CT molecular complexity index is 741. The normalized spacial score (nSPS) is 10.1. The Morgan fingerprint density at radius 3 is 2.83 bits per heavy atom. The Kier molecular flexibility index (Phi) is 6.60. The smallest absolute Gasteiger partial charge is 0.191 e. The fraction of sp³-hybridized carbons (Fsp3) is 0.0588. The summed E-state index contributed by atoms with van der Waals surface area (Å²) in [6.45, 7) is 0.198. The van der Waals surface area contributed by atoms with E-state index in [4.69, 9.17) is 23.4 Å². The fourth-order valence-corrected chi connectivity index (χ4v) is 2.26. The standard InChI is InChI=1S/C17H14BrN3OS/c1-2-10-22-16-9-8-14(18)11-13(16)12-19-21-17(23)20-15-6-4-3-5-7-15/h1,3-9,11-12H,10H2,(H2,20,21,23)/b19-12+. The third-order valence-corrected chi connectivity index (χ3v) is 3.37. The zero-order valence-electron chi connectivity index (χ0n) is 12.1. The van der Waals surface area contributed by atoms with E-state index in [1.165, 1.54) is 0 Å². The van der Waals surface area contributed by atoms with Crippen molar-refractivity contribution in [1.29, 1.82) is 0 Å². The summed E-state index contributed by atoms with van der Waals surface area (Å²) in [6, 6.07) is 15.2. The molecule has 6 heteroatoms. The van der Waals surface area contributed by atoms with Crippen LogP contribution in [0, 0.1) is 12.3 Å². The van der Waals surface area contributed by atoms with Gasteiger partial charge in [-0.05, 0) is 42.5 Å². The Labute approximate surface area is 149 Å². The van der Waals surface area contributed by atoms with E-state index in [9.17, 15) is 0 Å². The van der Waals surface area contributed by atoms with Crippen molar-refractivity contribution in [3.8, 4) is 18.1 Å². The SMILES string of the molecule is C#CCOc1ccc(Br)cc1/C=N/NC(=S)Nc1ccccc1. The van der Waals surface area contributed by atoms with Crippen molar-refractivity contribution in [1.82, 2.24) is 5.43 Å². The van der Waals surface area contributed by atoms with Gasteiger partial charge >= 0.3 is 0 Å². The Morgan fingerprint density at radius 1 is 1.30 bits per heavy atom. The first-order chi connectivity index (χ1) is 11.2. The third-order valence-electron chi connectivity index (χ3n) is 2.68. The lowest BCUT2D eigenvalue weighted by Gasteiger charge is -2.08. The minimum absolute atomic E-state index is 0.198. The number of ether oxygens (including phenoxy) is 1. The molecule has 0 aliphatic rings. The van der Waals surface area contributed by atoms with Gasteiger partial charge in [-0.2, -0.15) is 5.10 Å². The van der Waals surface area contributed by atoms with Gasteiger partial charge in [0.1, 0.15) is 12.4 Å². The zero-order valence-corrected chi connectivity index (χ0v) is 14.5. The van der Waals surface area contributed by atoms with E-state index in [1.54, 1.807) is 6.21 Å². The predicted octanol–water partition coefficient (Wildman–Crippen LogP) is 3.78. The number of nitrogens with zero attached hydrogens (tertiary/aromatic N) is 1. The molecule has 2 aromatic carbocycles. The molecule has 0 aliphatic heterocycles. The fourth-order valence-electron chi connectivity index (χ4n) is 1.71. The van der Waals surface area contributed by atoms with Crippen LogP contribution >= 0.6 is 28.1 Å². The van der Waals surface area contributed by atoms with Crippen LogP contribution in [0.25, 0.3) is 0 Å². The second-order valence-electron chi connectivity index (χ2n) is 4.37. The lowest BCUT2D eigenvalue weighted by molar-refractivity contribution is 0.370. The Balaban J connectivity index is 1.98. The van der Waals surface area contributed by atoms with Gasteiger partial charge in [-0.1, -0.05) is 40.0 Å². The summed E-state index contributed by atoms with van der Waals surface area (Å²) in [5, 5.41) is 7.54. The number of para-hydroxylation sites is 1. The second kappa shape index (κ2) is 8.93. The van der Waals surface area contributed by atoms with Crippen molar-refractivity contribution in [3.05, 3.63) is 58.6 Å². The second-order valence-corrected chi connectivity index (χ2v) is 5.69. The molecule has 0 saturated carbocycles. The van der Waals surface area contributed by atoms with Gasteiger partial charge in [0.2, 0.25) is 0 Å². The largest absolute Gasteiger partial charge is 0.480 e. The molecular formula is C17H14BrN3OS. The number of rotatable bonds is 5. The number of thiocarbonyl (C=S) groups is 1. The maximum atomic E-state index is 5.47. The highest BCUT2D eigenvalue weighted by molar-refractivity contribution is 9.10. The van der Waals surface area contributed by atoms with Gasteiger partial charge in [0.05, 0.1) is 6.21 Å². The van der Waals surface area contributed by atoms with E-state index >= 15 is 0 Å². The van der Waals surface area contributed by atoms with Crippen molar-refractivity contribution in [2.24, 2.45) is 5.10 Å². The Hall–Kier alpha value is -2.36. The van der Waals surface area contributed by atoms with E-state index in [-0.39, 0.29) is 6.61 Å². The lowest BCUT2D eigenvalue weighted by atomic mass is 10.2. The summed E-state index contributed by atoms with van der Waals surface area (Å²) in [5.41, 5.74) is 4.43. The highest BCUT2D eigenvalue weighted by Gasteiger charge is 2.02. The van der Waals surface area contributed by atoms with E-state index < -0.39 is 0 Å². The van der Waals surface area contributed by atoms with E-state index in [1.807, 2.05) is 48.5 Å². The first-order valence-corrected chi connectivity index (χ1v) is 7.90. The van der Waals surface area contributed by atoms with Crippen LogP contribution in [0.3, 0.4) is 0 Å². The number of benzene rings is 2. The molecule has 0 bridgehead atoms. The molecule has 0 atom stereocenters. The number of hydrazone groups is 1. The van der Waals surface area contributed by atoms with Crippen LogP contribution in [-0.4, -0.2) is 17.9 Å². The van der Waals surface area contributed by atoms with Crippen LogP contribution in [0.4, 0.5) is 5.69 Å².